The molecule has 0 saturated heterocycles. The van der Waals surface area contributed by atoms with E-state index < -0.39 is 0 Å². The summed E-state index contributed by atoms with van der Waals surface area (Å²) in [5, 5.41) is 1.60. The smallest absolute Gasteiger partial charge is 0.184 e. The van der Waals surface area contributed by atoms with E-state index in [1.54, 1.807) is 0 Å². The molecule has 62 valence electrons. The van der Waals surface area contributed by atoms with Crippen LogP contribution in [0.15, 0.2) is 31.8 Å². The number of rotatable bonds is 0. The van der Waals surface area contributed by atoms with Crippen LogP contribution in [0.25, 0.3) is 11.0 Å². The third kappa shape index (κ3) is 1.20. The zero-order valence-corrected chi connectivity index (χ0v) is 9.70. The van der Waals surface area contributed by atoms with E-state index >= 15 is 0 Å². The van der Waals surface area contributed by atoms with Crippen molar-refractivity contribution in [1.82, 2.24) is 0 Å². The molecule has 0 aliphatic carbocycles. The van der Waals surface area contributed by atoms with Crippen molar-refractivity contribution in [3.05, 3.63) is 32.4 Å². The van der Waals surface area contributed by atoms with E-state index in [2.05, 4.69) is 31.9 Å². The van der Waals surface area contributed by atoms with Crippen LogP contribution in [0, 0.1) is 0 Å². The summed E-state index contributed by atoms with van der Waals surface area (Å²) in [6, 6.07) is 5.56. The lowest BCUT2D eigenvalue weighted by atomic mass is 10.3. The van der Waals surface area contributed by atoms with Gasteiger partial charge in [0, 0.05) is 0 Å². The van der Waals surface area contributed by atoms with Gasteiger partial charge in [0.2, 0.25) is 0 Å². The SMILES string of the molecule is Clc1cccc2oc(Br)c(Br)c12. The first kappa shape index (κ1) is 8.60. The molecule has 0 aliphatic rings. The summed E-state index contributed by atoms with van der Waals surface area (Å²) < 4.78 is 6.90. The van der Waals surface area contributed by atoms with Crippen LogP contribution in [0.4, 0.5) is 0 Å². The van der Waals surface area contributed by atoms with Crippen molar-refractivity contribution < 1.29 is 4.42 Å². The Hall–Kier alpha value is 0.01000. The lowest BCUT2D eigenvalue weighted by Gasteiger charge is -1.90. The largest absolute Gasteiger partial charge is 0.448 e. The molecule has 12 heavy (non-hydrogen) atoms. The molecule has 1 nitrogen and oxygen atoms in total. The van der Waals surface area contributed by atoms with E-state index in [1.165, 1.54) is 0 Å². The quantitative estimate of drug-likeness (QED) is 0.692. The highest BCUT2D eigenvalue weighted by Crippen LogP contribution is 2.38. The van der Waals surface area contributed by atoms with Gasteiger partial charge in [-0.2, -0.15) is 0 Å². The van der Waals surface area contributed by atoms with Gasteiger partial charge in [-0.25, -0.2) is 0 Å². The molecule has 0 fully saturated rings. The Morgan fingerprint density at radius 2 is 2.00 bits per heavy atom. The molecule has 0 aliphatic heterocycles. The zero-order chi connectivity index (χ0) is 8.72. The lowest BCUT2D eigenvalue weighted by molar-refractivity contribution is 0.585. The monoisotopic (exact) mass is 308 g/mol. The maximum absolute atomic E-state index is 5.96. The van der Waals surface area contributed by atoms with Crippen LogP contribution in [0.1, 0.15) is 0 Å². The molecule has 4 heteroatoms. The molecular formula is C8H3Br2ClO. The Balaban J connectivity index is 2.97. The topological polar surface area (TPSA) is 13.1 Å². The van der Waals surface area contributed by atoms with E-state index in [4.69, 9.17) is 16.0 Å². The fourth-order valence-electron chi connectivity index (χ4n) is 1.04. The molecule has 0 unspecified atom stereocenters. The second-order valence-corrected chi connectivity index (χ2v) is 4.22. The molecule has 2 rings (SSSR count). The molecule has 0 atom stereocenters. The minimum atomic E-state index is 0.672. The summed E-state index contributed by atoms with van der Waals surface area (Å²) in [5.41, 5.74) is 0.779. The Bertz CT molecular complexity index is 436. The lowest BCUT2D eigenvalue weighted by Crippen LogP contribution is -1.66. The van der Waals surface area contributed by atoms with Crippen molar-refractivity contribution in [3.63, 3.8) is 0 Å². The van der Waals surface area contributed by atoms with Crippen LogP contribution in [0.3, 0.4) is 0 Å². The average molecular weight is 310 g/mol. The second kappa shape index (κ2) is 3.05. The Morgan fingerprint density at radius 1 is 1.25 bits per heavy atom. The van der Waals surface area contributed by atoms with Crippen LogP contribution in [0.2, 0.25) is 5.02 Å². The highest BCUT2D eigenvalue weighted by molar-refractivity contribution is 9.13. The molecule has 1 aromatic heterocycles. The van der Waals surface area contributed by atoms with Gasteiger partial charge in [-0.3, -0.25) is 0 Å². The van der Waals surface area contributed by atoms with Gasteiger partial charge in [0.15, 0.2) is 4.67 Å². The number of furan rings is 1. The second-order valence-electron chi connectivity index (χ2n) is 2.30. The molecule has 0 saturated carbocycles. The molecule has 2 aromatic rings. The van der Waals surface area contributed by atoms with Crippen molar-refractivity contribution in [2.24, 2.45) is 0 Å². The van der Waals surface area contributed by atoms with Crippen molar-refractivity contribution in [3.8, 4) is 0 Å². The Morgan fingerprint density at radius 3 is 2.67 bits per heavy atom. The third-order valence-corrected chi connectivity index (χ3v) is 3.73. The van der Waals surface area contributed by atoms with Crippen molar-refractivity contribution >= 4 is 54.4 Å². The summed E-state index contributed by atoms with van der Waals surface area (Å²) in [6.45, 7) is 0. The van der Waals surface area contributed by atoms with Crippen LogP contribution in [0.5, 0.6) is 0 Å². The van der Waals surface area contributed by atoms with Crippen LogP contribution >= 0.6 is 43.5 Å². The number of fused-ring (bicyclic) bond motifs is 1. The number of hydrogen-bond donors (Lipinski definition) is 0. The van der Waals surface area contributed by atoms with Crippen LogP contribution in [-0.4, -0.2) is 0 Å². The third-order valence-electron chi connectivity index (χ3n) is 1.57. The number of hydrogen-bond acceptors (Lipinski definition) is 1. The molecule has 0 spiro atoms. The molecule has 0 amide bonds. The van der Waals surface area contributed by atoms with E-state index in [0.29, 0.717) is 9.69 Å². The summed E-state index contributed by atoms with van der Waals surface area (Å²) >= 11 is 12.6. The van der Waals surface area contributed by atoms with E-state index in [9.17, 15) is 0 Å². The summed E-state index contributed by atoms with van der Waals surface area (Å²) in [4.78, 5) is 0. The maximum Gasteiger partial charge on any atom is 0.184 e. The average Bonchev–Trinajstić information content (AvgIpc) is 2.29. The summed E-state index contributed by atoms with van der Waals surface area (Å²) in [5.74, 6) is 0. The summed E-state index contributed by atoms with van der Waals surface area (Å²) in [6.07, 6.45) is 0. The van der Waals surface area contributed by atoms with Gasteiger partial charge in [-0.15, -0.1) is 0 Å². The van der Waals surface area contributed by atoms with Crippen molar-refractivity contribution in [2.45, 2.75) is 0 Å². The van der Waals surface area contributed by atoms with Crippen LogP contribution in [-0.2, 0) is 0 Å². The van der Waals surface area contributed by atoms with E-state index in [0.717, 1.165) is 15.4 Å². The van der Waals surface area contributed by atoms with Crippen LogP contribution < -0.4 is 0 Å². The van der Waals surface area contributed by atoms with Gasteiger partial charge < -0.3 is 4.42 Å². The van der Waals surface area contributed by atoms with Gasteiger partial charge >= 0.3 is 0 Å². The van der Waals surface area contributed by atoms with Gasteiger partial charge in [0.25, 0.3) is 0 Å². The normalized spacial score (nSPS) is 10.9. The van der Waals surface area contributed by atoms with Gasteiger partial charge in [0.05, 0.1) is 14.9 Å². The maximum atomic E-state index is 5.96. The zero-order valence-electron chi connectivity index (χ0n) is 5.77. The highest BCUT2D eigenvalue weighted by atomic mass is 79.9. The molecule has 0 radical (unpaired) electrons. The minimum Gasteiger partial charge on any atom is -0.448 e. The van der Waals surface area contributed by atoms with Gasteiger partial charge in [-0.05, 0) is 44.0 Å². The molecule has 1 aromatic carbocycles. The number of benzene rings is 1. The highest BCUT2D eigenvalue weighted by Gasteiger charge is 2.11. The minimum absolute atomic E-state index is 0.672. The van der Waals surface area contributed by atoms with Crippen molar-refractivity contribution in [1.29, 1.82) is 0 Å². The standard InChI is InChI=1S/C8H3Br2ClO/c9-7-6-4(11)2-1-3-5(6)12-8(7)10/h1-3H. The van der Waals surface area contributed by atoms with Gasteiger partial charge in [-0.1, -0.05) is 17.7 Å². The predicted molar refractivity (Wildman–Crippen MR) is 56.6 cm³/mol. The fraction of sp³-hybridized carbons (Fsp3) is 0. The Kier molecular flexibility index (Phi) is 2.19. The van der Waals surface area contributed by atoms with Gasteiger partial charge in [0.1, 0.15) is 5.58 Å². The fourth-order valence-corrected chi connectivity index (χ4v) is 2.28. The summed E-state index contributed by atoms with van der Waals surface area (Å²) in [7, 11) is 0. The molecular weight excluding hydrogens is 307 g/mol. The first-order valence-electron chi connectivity index (χ1n) is 3.22. The number of halogens is 3. The molecule has 1 heterocycles. The first-order chi connectivity index (χ1) is 5.70. The van der Waals surface area contributed by atoms with E-state index in [1.807, 2.05) is 18.2 Å². The molecule has 0 bridgehead atoms. The van der Waals surface area contributed by atoms with E-state index in [-0.39, 0.29) is 0 Å². The molecule has 0 N–H and O–H groups in total. The first-order valence-corrected chi connectivity index (χ1v) is 5.18. The van der Waals surface area contributed by atoms with Crippen molar-refractivity contribution in [2.75, 3.05) is 0 Å². The predicted octanol–water partition coefficient (Wildman–Crippen LogP) is 4.61. The Labute approximate surface area is 90.9 Å².